The summed E-state index contributed by atoms with van der Waals surface area (Å²) in [6.07, 6.45) is 6.80. The highest BCUT2D eigenvalue weighted by Crippen LogP contribution is 2.38. The van der Waals surface area contributed by atoms with Crippen molar-refractivity contribution in [3.8, 4) is 11.5 Å². The van der Waals surface area contributed by atoms with Gasteiger partial charge in [-0.2, -0.15) is 0 Å². The number of anilines is 1. The van der Waals surface area contributed by atoms with Gasteiger partial charge in [0.25, 0.3) is 0 Å². The van der Waals surface area contributed by atoms with Gasteiger partial charge in [-0.3, -0.25) is 4.40 Å². The van der Waals surface area contributed by atoms with Gasteiger partial charge in [0, 0.05) is 36.6 Å². The summed E-state index contributed by atoms with van der Waals surface area (Å²) in [4.78, 5) is 8.74. The fourth-order valence-corrected chi connectivity index (χ4v) is 3.00. The number of rotatable bonds is 5. The molecule has 0 saturated heterocycles. The van der Waals surface area contributed by atoms with Crippen LogP contribution in [0.25, 0.3) is 5.78 Å². The van der Waals surface area contributed by atoms with Gasteiger partial charge < -0.3 is 14.8 Å². The number of hydrogen-bond donors (Lipinski definition) is 1. The number of aromatic nitrogens is 3. The minimum atomic E-state index is 0.217. The molecule has 6 nitrogen and oxygen atoms in total. The average Bonchev–Trinajstić information content (AvgIpc) is 3.14. The zero-order chi connectivity index (χ0) is 16.5. The van der Waals surface area contributed by atoms with E-state index in [2.05, 4.69) is 28.3 Å². The van der Waals surface area contributed by atoms with Crippen LogP contribution in [0.2, 0.25) is 0 Å². The quantitative estimate of drug-likeness (QED) is 0.781. The fourth-order valence-electron chi connectivity index (χ4n) is 3.00. The molecular formula is C18H20N4O2. The van der Waals surface area contributed by atoms with E-state index in [4.69, 9.17) is 9.47 Å². The summed E-state index contributed by atoms with van der Waals surface area (Å²) in [5.74, 6) is 2.49. The second-order valence-corrected chi connectivity index (χ2v) is 5.93. The average molecular weight is 324 g/mol. The Balaban J connectivity index is 1.58. The van der Waals surface area contributed by atoms with Crippen LogP contribution < -0.4 is 14.8 Å². The topological polar surface area (TPSA) is 60.7 Å². The second kappa shape index (κ2) is 6.03. The molecule has 2 aromatic heterocycles. The van der Waals surface area contributed by atoms with Gasteiger partial charge >= 0.3 is 0 Å². The predicted molar refractivity (Wildman–Crippen MR) is 91.7 cm³/mol. The Kier molecular flexibility index (Phi) is 3.72. The van der Waals surface area contributed by atoms with E-state index in [1.807, 2.05) is 35.9 Å². The molecule has 3 heterocycles. The van der Waals surface area contributed by atoms with Crippen molar-refractivity contribution in [2.75, 3.05) is 11.9 Å². The Hall–Kier alpha value is -2.76. The summed E-state index contributed by atoms with van der Waals surface area (Å²) >= 11 is 0. The van der Waals surface area contributed by atoms with Gasteiger partial charge in [-0.05, 0) is 26.0 Å². The Morgan fingerprint density at radius 1 is 1.42 bits per heavy atom. The highest BCUT2D eigenvalue weighted by Gasteiger charge is 2.22. The summed E-state index contributed by atoms with van der Waals surface area (Å²) < 4.78 is 13.6. The minimum absolute atomic E-state index is 0.217. The SMILES string of the molecule is CCOc1cc2c(cc1NCc1cn3cccnc3n1)O[C@@H](C)C2. The first-order valence-corrected chi connectivity index (χ1v) is 8.22. The monoisotopic (exact) mass is 324 g/mol. The third-order valence-corrected chi connectivity index (χ3v) is 4.04. The molecule has 4 rings (SSSR count). The molecule has 0 aliphatic carbocycles. The zero-order valence-electron chi connectivity index (χ0n) is 13.8. The lowest BCUT2D eigenvalue weighted by atomic mass is 10.1. The van der Waals surface area contributed by atoms with E-state index in [1.165, 1.54) is 5.56 Å². The standard InChI is InChI=1S/C18H20N4O2/c1-3-23-17-8-13-7-12(2)24-16(13)9-15(17)20-10-14-11-22-6-4-5-19-18(22)21-14/h4-6,8-9,11-12,20H,3,7,10H2,1-2H3/t12-/m0/s1. The van der Waals surface area contributed by atoms with E-state index in [1.54, 1.807) is 6.20 Å². The van der Waals surface area contributed by atoms with Gasteiger partial charge in [-0.1, -0.05) is 0 Å². The maximum atomic E-state index is 5.86. The first kappa shape index (κ1) is 14.8. The predicted octanol–water partition coefficient (Wildman–Crippen LogP) is 3.06. The van der Waals surface area contributed by atoms with E-state index in [0.717, 1.165) is 29.3 Å². The highest BCUT2D eigenvalue weighted by molar-refractivity contribution is 5.63. The van der Waals surface area contributed by atoms with Crippen molar-refractivity contribution < 1.29 is 9.47 Å². The second-order valence-electron chi connectivity index (χ2n) is 5.93. The molecule has 0 amide bonds. The van der Waals surface area contributed by atoms with Crippen LogP contribution in [0.5, 0.6) is 11.5 Å². The van der Waals surface area contributed by atoms with Gasteiger partial charge in [0.05, 0.1) is 24.5 Å². The van der Waals surface area contributed by atoms with E-state index in [-0.39, 0.29) is 6.10 Å². The van der Waals surface area contributed by atoms with Crippen molar-refractivity contribution >= 4 is 11.5 Å². The molecular weight excluding hydrogens is 304 g/mol. The summed E-state index contributed by atoms with van der Waals surface area (Å²) in [5, 5.41) is 3.41. The van der Waals surface area contributed by atoms with Crippen LogP contribution in [-0.2, 0) is 13.0 Å². The molecule has 1 aliphatic heterocycles. The molecule has 124 valence electrons. The summed E-state index contributed by atoms with van der Waals surface area (Å²) in [5.41, 5.74) is 3.05. The van der Waals surface area contributed by atoms with Crippen LogP contribution in [0.15, 0.2) is 36.8 Å². The molecule has 0 fully saturated rings. The van der Waals surface area contributed by atoms with Gasteiger partial charge in [-0.15, -0.1) is 0 Å². The molecule has 0 bridgehead atoms. The Bertz CT molecular complexity index is 842. The number of imidazole rings is 1. The molecule has 6 heteroatoms. The van der Waals surface area contributed by atoms with E-state index >= 15 is 0 Å². The Labute approximate surface area is 140 Å². The van der Waals surface area contributed by atoms with Crippen LogP contribution in [0.4, 0.5) is 5.69 Å². The lowest BCUT2D eigenvalue weighted by Crippen LogP contribution is -2.05. The van der Waals surface area contributed by atoms with E-state index in [9.17, 15) is 0 Å². The van der Waals surface area contributed by atoms with Crippen molar-refractivity contribution in [1.29, 1.82) is 0 Å². The smallest absolute Gasteiger partial charge is 0.233 e. The largest absolute Gasteiger partial charge is 0.492 e. The van der Waals surface area contributed by atoms with Crippen LogP contribution in [0.1, 0.15) is 25.1 Å². The lowest BCUT2D eigenvalue weighted by Gasteiger charge is -2.13. The molecule has 0 saturated carbocycles. The molecule has 1 N–H and O–H groups in total. The third-order valence-electron chi connectivity index (χ3n) is 4.04. The molecule has 0 spiro atoms. The number of hydrogen-bond acceptors (Lipinski definition) is 5. The Morgan fingerprint density at radius 3 is 3.17 bits per heavy atom. The van der Waals surface area contributed by atoms with Crippen molar-refractivity contribution in [3.63, 3.8) is 0 Å². The maximum absolute atomic E-state index is 5.86. The molecule has 0 unspecified atom stereocenters. The number of fused-ring (bicyclic) bond motifs is 2. The van der Waals surface area contributed by atoms with Crippen LogP contribution >= 0.6 is 0 Å². The summed E-state index contributed by atoms with van der Waals surface area (Å²) in [6, 6.07) is 5.99. The normalized spacial score (nSPS) is 16.0. The van der Waals surface area contributed by atoms with Gasteiger partial charge in [0.1, 0.15) is 17.6 Å². The molecule has 3 aromatic rings. The summed E-state index contributed by atoms with van der Waals surface area (Å²) in [6.45, 7) is 5.29. The van der Waals surface area contributed by atoms with Crippen molar-refractivity contribution in [3.05, 3.63) is 48.0 Å². The molecule has 0 radical (unpaired) electrons. The van der Waals surface area contributed by atoms with Crippen molar-refractivity contribution in [2.24, 2.45) is 0 Å². The van der Waals surface area contributed by atoms with Crippen LogP contribution in [0.3, 0.4) is 0 Å². The third kappa shape index (κ3) is 2.75. The highest BCUT2D eigenvalue weighted by atomic mass is 16.5. The Morgan fingerprint density at radius 2 is 2.33 bits per heavy atom. The van der Waals surface area contributed by atoms with Gasteiger partial charge in [0.2, 0.25) is 5.78 Å². The van der Waals surface area contributed by atoms with E-state index in [0.29, 0.717) is 18.9 Å². The van der Waals surface area contributed by atoms with Crippen molar-refractivity contribution in [2.45, 2.75) is 32.9 Å². The van der Waals surface area contributed by atoms with Gasteiger partial charge in [0.15, 0.2) is 0 Å². The van der Waals surface area contributed by atoms with Gasteiger partial charge in [-0.25, -0.2) is 9.97 Å². The number of nitrogens with one attached hydrogen (secondary N) is 1. The lowest BCUT2D eigenvalue weighted by molar-refractivity contribution is 0.254. The van der Waals surface area contributed by atoms with Crippen molar-refractivity contribution in [1.82, 2.24) is 14.4 Å². The minimum Gasteiger partial charge on any atom is -0.492 e. The number of nitrogens with zero attached hydrogens (tertiary/aromatic N) is 3. The molecule has 1 atom stereocenters. The van der Waals surface area contributed by atoms with E-state index < -0.39 is 0 Å². The molecule has 24 heavy (non-hydrogen) atoms. The zero-order valence-corrected chi connectivity index (χ0v) is 13.8. The first-order valence-electron chi connectivity index (χ1n) is 8.22. The van der Waals surface area contributed by atoms with Crippen LogP contribution in [0, 0.1) is 0 Å². The van der Waals surface area contributed by atoms with Crippen LogP contribution in [-0.4, -0.2) is 27.1 Å². The maximum Gasteiger partial charge on any atom is 0.233 e. The summed E-state index contributed by atoms with van der Waals surface area (Å²) in [7, 11) is 0. The first-order chi connectivity index (χ1) is 11.7. The molecule has 1 aliphatic rings. The fraction of sp³-hybridized carbons (Fsp3) is 0.333. The molecule has 1 aromatic carbocycles. The number of ether oxygens (including phenoxy) is 2. The number of benzene rings is 1.